The Morgan fingerprint density at radius 1 is 1.32 bits per heavy atom. The zero-order valence-corrected chi connectivity index (χ0v) is 16.9. The van der Waals surface area contributed by atoms with Crippen LogP contribution in [0, 0.1) is 10.8 Å². The maximum absolute atomic E-state index is 9.23. The van der Waals surface area contributed by atoms with Gasteiger partial charge < -0.3 is 20.5 Å². The Hall–Kier alpha value is -0.0800. The third-order valence-corrected chi connectivity index (χ3v) is 4.08. The van der Waals surface area contributed by atoms with Crippen LogP contribution in [-0.4, -0.2) is 51.0 Å². The van der Waals surface area contributed by atoms with E-state index in [2.05, 4.69) is 36.4 Å². The van der Waals surface area contributed by atoms with E-state index in [1.807, 2.05) is 0 Å². The summed E-state index contributed by atoms with van der Waals surface area (Å²) in [5, 5.41) is 16.0. The van der Waals surface area contributed by atoms with Crippen LogP contribution in [0.25, 0.3) is 0 Å². The van der Waals surface area contributed by atoms with Crippen LogP contribution < -0.4 is 10.6 Å². The first-order chi connectivity index (χ1) is 9.91. The highest BCUT2D eigenvalue weighted by Gasteiger charge is 2.34. The summed E-state index contributed by atoms with van der Waals surface area (Å²) in [5.74, 6) is 0.841. The minimum atomic E-state index is 0. The van der Waals surface area contributed by atoms with E-state index in [0.717, 1.165) is 51.5 Å². The summed E-state index contributed by atoms with van der Waals surface area (Å²) < 4.78 is 5.50. The molecule has 0 bridgehead atoms. The fourth-order valence-corrected chi connectivity index (χ4v) is 2.63. The minimum absolute atomic E-state index is 0. The van der Waals surface area contributed by atoms with Crippen LogP contribution >= 0.6 is 24.0 Å². The van der Waals surface area contributed by atoms with Crippen molar-refractivity contribution in [2.45, 2.75) is 46.5 Å². The van der Waals surface area contributed by atoms with E-state index >= 15 is 0 Å². The number of nitrogens with zero attached hydrogens (tertiary/aromatic N) is 1. The Kier molecular flexibility index (Phi) is 10.6. The van der Waals surface area contributed by atoms with Crippen LogP contribution in [0.4, 0.5) is 0 Å². The van der Waals surface area contributed by atoms with Gasteiger partial charge in [0, 0.05) is 38.8 Å². The summed E-state index contributed by atoms with van der Waals surface area (Å²) >= 11 is 0. The van der Waals surface area contributed by atoms with Crippen molar-refractivity contribution in [1.82, 2.24) is 10.6 Å². The van der Waals surface area contributed by atoms with Crippen molar-refractivity contribution in [3.8, 4) is 0 Å². The summed E-state index contributed by atoms with van der Waals surface area (Å²) in [5.41, 5.74) is 0.433. The fourth-order valence-electron chi connectivity index (χ4n) is 2.63. The van der Waals surface area contributed by atoms with Gasteiger partial charge in [-0.25, -0.2) is 0 Å². The van der Waals surface area contributed by atoms with Crippen LogP contribution in [0.1, 0.15) is 46.5 Å². The molecule has 6 heteroatoms. The highest BCUT2D eigenvalue weighted by atomic mass is 127. The number of hydrogen-bond donors (Lipinski definition) is 3. The molecule has 0 aromatic heterocycles. The fraction of sp³-hybridized carbons (Fsp3) is 0.938. The molecule has 0 amide bonds. The predicted octanol–water partition coefficient (Wildman–Crippen LogP) is 2.38. The topological polar surface area (TPSA) is 65.9 Å². The summed E-state index contributed by atoms with van der Waals surface area (Å²) in [6.07, 6.45) is 4.11. The summed E-state index contributed by atoms with van der Waals surface area (Å²) in [6.45, 7) is 10.2. The van der Waals surface area contributed by atoms with Crippen molar-refractivity contribution in [2.75, 3.05) is 40.0 Å². The lowest BCUT2D eigenvalue weighted by Gasteiger charge is -2.27. The smallest absolute Gasteiger partial charge is 0.190 e. The molecule has 1 heterocycles. The van der Waals surface area contributed by atoms with Gasteiger partial charge in [0.25, 0.3) is 0 Å². The van der Waals surface area contributed by atoms with Crippen molar-refractivity contribution < 1.29 is 9.84 Å². The van der Waals surface area contributed by atoms with Crippen LogP contribution in [0.2, 0.25) is 0 Å². The van der Waals surface area contributed by atoms with Gasteiger partial charge in [-0.1, -0.05) is 20.8 Å². The zero-order valence-electron chi connectivity index (χ0n) is 14.6. The van der Waals surface area contributed by atoms with Crippen LogP contribution in [0.15, 0.2) is 4.99 Å². The van der Waals surface area contributed by atoms with Gasteiger partial charge in [-0.2, -0.15) is 0 Å². The molecule has 1 aliphatic heterocycles. The van der Waals surface area contributed by atoms with Crippen LogP contribution in [0.3, 0.4) is 0 Å². The summed E-state index contributed by atoms with van der Waals surface area (Å²) in [4.78, 5) is 4.27. The molecular formula is C16H34IN3O2. The molecule has 1 unspecified atom stereocenters. The average Bonchev–Trinajstić information content (AvgIpc) is 2.86. The lowest BCUT2D eigenvalue weighted by Crippen LogP contribution is -2.44. The molecule has 0 radical (unpaired) electrons. The molecule has 1 saturated heterocycles. The molecule has 132 valence electrons. The Bertz CT molecular complexity index is 324. The molecule has 1 atom stereocenters. The van der Waals surface area contributed by atoms with E-state index in [0.29, 0.717) is 5.41 Å². The van der Waals surface area contributed by atoms with E-state index in [4.69, 9.17) is 4.74 Å². The summed E-state index contributed by atoms with van der Waals surface area (Å²) in [6, 6.07) is 0. The average molecular weight is 427 g/mol. The number of nitrogens with one attached hydrogen (secondary N) is 2. The first-order valence-electron chi connectivity index (χ1n) is 8.04. The van der Waals surface area contributed by atoms with E-state index in [-0.39, 0.29) is 36.0 Å². The van der Waals surface area contributed by atoms with Gasteiger partial charge >= 0.3 is 0 Å². The SMILES string of the molecule is CN=C(NCCCC(C)(C)C)NCC1(CCO)CCOC1.I. The van der Waals surface area contributed by atoms with Gasteiger partial charge in [0.05, 0.1) is 6.61 Å². The van der Waals surface area contributed by atoms with Gasteiger partial charge in [-0.3, -0.25) is 4.99 Å². The quantitative estimate of drug-likeness (QED) is 0.253. The molecule has 0 aliphatic carbocycles. The molecule has 0 spiro atoms. The maximum Gasteiger partial charge on any atom is 0.190 e. The highest BCUT2D eigenvalue weighted by molar-refractivity contribution is 14.0. The maximum atomic E-state index is 9.23. The van der Waals surface area contributed by atoms with Crippen molar-refractivity contribution in [3.05, 3.63) is 0 Å². The minimum Gasteiger partial charge on any atom is -0.396 e. The Morgan fingerprint density at radius 3 is 2.55 bits per heavy atom. The summed E-state index contributed by atoms with van der Waals surface area (Å²) in [7, 11) is 1.79. The second-order valence-corrected chi connectivity index (χ2v) is 7.29. The van der Waals surface area contributed by atoms with Crippen molar-refractivity contribution in [3.63, 3.8) is 0 Å². The molecule has 0 aromatic rings. The number of guanidine groups is 1. The van der Waals surface area contributed by atoms with Gasteiger partial charge in [-0.15, -0.1) is 24.0 Å². The first kappa shape index (κ1) is 21.9. The number of aliphatic hydroxyl groups is 1. The molecule has 22 heavy (non-hydrogen) atoms. The molecule has 0 aromatic carbocycles. The molecule has 1 rings (SSSR count). The van der Waals surface area contributed by atoms with Crippen molar-refractivity contribution in [1.29, 1.82) is 0 Å². The molecule has 5 nitrogen and oxygen atoms in total. The Labute approximate surface area is 152 Å². The number of rotatable bonds is 7. The standard InChI is InChI=1S/C16H33N3O2.HI/c1-15(2,3)6-5-9-18-14(17-4)19-12-16(7-10-20)8-11-21-13-16;/h20H,5-13H2,1-4H3,(H2,17,18,19);1H. The Morgan fingerprint density at radius 2 is 2.05 bits per heavy atom. The lowest BCUT2D eigenvalue weighted by molar-refractivity contribution is 0.127. The molecule has 1 fully saturated rings. The van der Waals surface area contributed by atoms with Crippen molar-refractivity contribution >= 4 is 29.9 Å². The van der Waals surface area contributed by atoms with E-state index in [1.54, 1.807) is 7.05 Å². The van der Waals surface area contributed by atoms with Crippen LogP contribution in [-0.2, 0) is 4.74 Å². The van der Waals surface area contributed by atoms with E-state index in [9.17, 15) is 5.11 Å². The van der Waals surface area contributed by atoms with Crippen LogP contribution in [0.5, 0.6) is 0 Å². The number of aliphatic hydroxyl groups excluding tert-OH is 1. The third-order valence-electron chi connectivity index (χ3n) is 4.08. The second kappa shape index (κ2) is 10.6. The Balaban J connectivity index is 0.00000441. The normalized spacial score (nSPS) is 22.3. The molecular weight excluding hydrogens is 393 g/mol. The number of halogens is 1. The first-order valence-corrected chi connectivity index (χ1v) is 8.04. The highest BCUT2D eigenvalue weighted by Crippen LogP contribution is 2.31. The predicted molar refractivity (Wildman–Crippen MR) is 103 cm³/mol. The largest absolute Gasteiger partial charge is 0.396 e. The monoisotopic (exact) mass is 427 g/mol. The van der Waals surface area contributed by atoms with Gasteiger partial charge in [-0.05, 0) is 31.1 Å². The number of ether oxygens (including phenoxy) is 1. The van der Waals surface area contributed by atoms with Crippen molar-refractivity contribution in [2.24, 2.45) is 15.8 Å². The second-order valence-electron chi connectivity index (χ2n) is 7.29. The number of aliphatic imine (C=N–C) groups is 1. The van der Waals surface area contributed by atoms with E-state index < -0.39 is 0 Å². The lowest BCUT2D eigenvalue weighted by atomic mass is 9.84. The van der Waals surface area contributed by atoms with E-state index in [1.165, 1.54) is 6.42 Å². The third kappa shape index (κ3) is 8.53. The van der Waals surface area contributed by atoms with Gasteiger partial charge in [0.1, 0.15) is 0 Å². The molecule has 0 saturated carbocycles. The molecule has 1 aliphatic rings. The van der Waals surface area contributed by atoms with Gasteiger partial charge in [0.2, 0.25) is 0 Å². The van der Waals surface area contributed by atoms with Gasteiger partial charge in [0.15, 0.2) is 5.96 Å². The zero-order chi connectivity index (χ0) is 15.8. The molecule has 3 N–H and O–H groups in total. The number of hydrogen-bond acceptors (Lipinski definition) is 3.